The van der Waals surface area contributed by atoms with Crippen LogP contribution in [0.25, 0.3) is 0 Å². The minimum atomic E-state index is -1.66. The first kappa shape index (κ1) is 110. The zero-order chi connectivity index (χ0) is 85.9. The topological polar surface area (TPSA) is 540 Å². The minimum Gasteiger partial charge on any atom is -0.394 e. The maximum atomic E-state index is 14.6. The van der Waals surface area contributed by atoms with Gasteiger partial charge in [0.2, 0.25) is 59.1 Å². The molecule has 0 fully saturated rings. The van der Waals surface area contributed by atoms with Gasteiger partial charge in [0.15, 0.2) is 0 Å². The first-order chi connectivity index (χ1) is 56.1. The van der Waals surface area contributed by atoms with Crippen LogP contribution < -0.4 is 99.0 Å². The lowest BCUT2D eigenvalue weighted by molar-refractivity contribution is -0.134. The van der Waals surface area contributed by atoms with Crippen molar-refractivity contribution in [2.75, 3.05) is 82.0 Å². The van der Waals surface area contributed by atoms with Crippen molar-refractivity contribution in [2.24, 2.45) is 45.9 Å². The molecular formula is C84H164N18O12S2. The van der Waals surface area contributed by atoms with Gasteiger partial charge in [-0.05, 0) is 180 Å². The van der Waals surface area contributed by atoms with Crippen LogP contribution in [-0.4, -0.2) is 212 Å². The smallest absolute Gasteiger partial charge is 0.245 e. The molecule has 116 heavy (non-hydrogen) atoms. The minimum absolute atomic E-state index is 0.0634. The number of nitrogens with two attached hydrogens (primary N) is 8. The molecule has 0 aromatic carbocycles. The summed E-state index contributed by atoms with van der Waals surface area (Å²) in [6, 6.07) is -10.0. The second-order valence-electron chi connectivity index (χ2n) is 30.8. The van der Waals surface area contributed by atoms with Crippen molar-refractivity contribution < 1.29 is 58.2 Å². The van der Waals surface area contributed by atoms with E-state index in [0.29, 0.717) is 123 Å². The van der Waals surface area contributed by atoms with Crippen LogP contribution in [0.4, 0.5) is 0 Å². The molecule has 10 atom stereocenters. The number of nitrogens with one attached hydrogen (secondary N) is 10. The number of amides is 10. The zero-order valence-corrected chi connectivity index (χ0v) is 73.1. The molecule has 0 aromatic heterocycles. The fourth-order valence-electron chi connectivity index (χ4n) is 12.7. The van der Waals surface area contributed by atoms with E-state index in [4.69, 9.17) is 45.9 Å². The summed E-state index contributed by atoms with van der Waals surface area (Å²) in [4.78, 5) is 137. The van der Waals surface area contributed by atoms with Gasteiger partial charge in [0, 0.05) is 49.2 Å². The van der Waals surface area contributed by atoms with E-state index in [1.54, 1.807) is 0 Å². The van der Waals surface area contributed by atoms with Crippen LogP contribution in [0.1, 0.15) is 303 Å². The van der Waals surface area contributed by atoms with Gasteiger partial charge < -0.3 is 109 Å². The third kappa shape index (κ3) is 62.6. The van der Waals surface area contributed by atoms with Gasteiger partial charge in [0.25, 0.3) is 0 Å². The van der Waals surface area contributed by atoms with Crippen molar-refractivity contribution in [1.29, 1.82) is 0 Å². The highest BCUT2D eigenvalue weighted by Crippen LogP contribution is 2.17. The summed E-state index contributed by atoms with van der Waals surface area (Å²) in [6.45, 7) is 6.36. The zero-order valence-electron chi connectivity index (χ0n) is 71.5. The number of hydrogen-bond acceptors (Lipinski definition) is 22. The van der Waals surface area contributed by atoms with E-state index in [-0.39, 0.29) is 73.6 Å². The Bertz CT molecular complexity index is 2610. The molecule has 674 valence electrons. The van der Waals surface area contributed by atoms with Crippen LogP contribution in [0.3, 0.4) is 0 Å². The summed E-state index contributed by atoms with van der Waals surface area (Å²) in [5.41, 5.74) is 47.3. The van der Waals surface area contributed by atoms with E-state index in [0.717, 1.165) is 96.3 Å². The van der Waals surface area contributed by atoms with Crippen molar-refractivity contribution in [3.8, 4) is 0 Å². The number of allylic oxidation sites excluding steroid dienone is 4. The van der Waals surface area contributed by atoms with E-state index in [1.807, 2.05) is 0 Å². The second-order valence-corrected chi connectivity index (χ2v) is 33.1. The molecule has 0 bridgehead atoms. The molecule has 0 saturated heterocycles. The Hall–Kier alpha value is -5.52. The molecule has 32 heteroatoms. The van der Waals surface area contributed by atoms with E-state index in [9.17, 15) is 58.2 Å². The molecule has 0 aliphatic carbocycles. The SMILES string of the molecule is CCCCCCCCC=CCCCCCCCCNC(=O)CC(O)NC(=O)C(CSCCSCC(NC(=O)C(CCCCNC(=O)C(N)CCCN)NC(=O)C(N)CCCCN)C(=O)NC(CO)C(=O)NCCCCCCCCC=CCCCCCCCC)NC(=O)C(CCCCNC(=O)C(N)CCCN)NC(=O)C(N)CCCCN. The average Bonchev–Trinajstić information content (AvgIpc) is 0.873. The molecule has 0 aliphatic rings. The molecular weight excluding hydrogens is 1520 g/mol. The van der Waals surface area contributed by atoms with Gasteiger partial charge in [0.1, 0.15) is 36.4 Å². The Balaban J connectivity index is 6.74. The van der Waals surface area contributed by atoms with Crippen molar-refractivity contribution in [3.05, 3.63) is 24.3 Å². The second kappa shape index (κ2) is 78.0. The van der Waals surface area contributed by atoms with Gasteiger partial charge in [-0.2, -0.15) is 23.5 Å². The molecule has 0 rings (SSSR count). The summed E-state index contributed by atoms with van der Waals surface area (Å²) in [5, 5.41) is 49.1. The maximum absolute atomic E-state index is 14.6. The van der Waals surface area contributed by atoms with E-state index in [1.165, 1.54) is 101 Å². The summed E-state index contributed by atoms with van der Waals surface area (Å²) in [6.07, 6.45) is 45.1. The highest BCUT2D eigenvalue weighted by atomic mass is 32.2. The average molecular weight is 1680 g/mol. The number of unbranched alkanes of at least 4 members (excludes halogenated alkanes) is 28. The van der Waals surface area contributed by atoms with Gasteiger partial charge in [-0.25, -0.2) is 0 Å². The van der Waals surface area contributed by atoms with Crippen molar-refractivity contribution >= 4 is 82.6 Å². The molecule has 0 saturated carbocycles. The maximum Gasteiger partial charge on any atom is 0.245 e. The molecule has 28 N–H and O–H groups in total. The number of thioether (sulfide) groups is 2. The van der Waals surface area contributed by atoms with Gasteiger partial charge in [-0.15, -0.1) is 0 Å². The van der Waals surface area contributed by atoms with E-state index >= 15 is 0 Å². The number of rotatable bonds is 81. The van der Waals surface area contributed by atoms with E-state index in [2.05, 4.69) is 91.3 Å². The van der Waals surface area contributed by atoms with Crippen LogP contribution in [0.5, 0.6) is 0 Å². The molecule has 10 unspecified atom stereocenters. The van der Waals surface area contributed by atoms with Crippen LogP contribution in [-0.2, 0) is 47.9 Å². The first-order valence-corrected chi connectivity index (χ1v) is 46.9. The first-order valence-electron chi connectivity index (χ1n) is 44.6. The highest BCUT2D eigenvalue weighted by molar-refractivity contribution is 8.03. The Labute approximate surface area is 705 Å². The third-order valence-corrected chi connectivity index (χ3v) is 22.5. The van der Waals surface area contributed by atoms with Crippen molar-refractivity contribution in [2.45, 2.75) is 363 Å². The molecule has 10 amide bonds. The molecule has 0 heterocycles. The van der Waals surface area contributed by atoms with Crippen LogP contribution in [0.15, 0.2) is 24.3 Å². The highest BCUT2D eigenvalue weighted by Gasteiger charge is 2.33. The molecule has 0 spiro atoms. The molecule has 0 aliphatic heterocycles. The Kier molecular flexibility index (Phi) is 74.3. The van der Waals surface area contributed by atoms with Crippen LogP contribution in [0.2, 0.25) is 0 Å². The third-order valence-electron chi connectivity index (χ3n) is 20.1. The predicted molar refractivity (Wildman–Crippen MR) is 473 cm³/mol. The lowest BCUT2D eigenvalue weighted by Gasteiger charge is -2.26. The number of hydrogen-bond donors (Lipinski definition) is 20. The predicted octanol–water partition coefficient (Wildman–Crippen LogP) is 5.62. The van der Waals surface area contributed by atoms with Gasteiger partial charge in [-0.3, -0.25) is 47.9 Å². The summed E-state index contributed by atoms with van der Waals surface area (Å²) in [7, 11) is 0. The van der Waals surface area contributed by atoms with Gasteiger partial charge in [0.05, 0.1) is 37.2 Å². The molecule has 0 radical (unpaired) electrons. The summed E-state index contributed by atoms with van der Waals surface area (Å²) in [5.74, 6) is -5.85. The normalized spacial score (nSPS) is 14.1. The van der Waals surface area contributed by atoms with Crippen LogP contribution in [0, 0.1) is 0 Å². The number of carbonyl (C=O) groups is 10. The number of aliphatic hydroxyl groups is 2. The summed E-state index contributed by atoms with van der Waals surface area (Å²) < 4.78 is 0. The fourth-order valence-corrected chi connectivity index (χ4v) is 14.9. The standard InChI is InChI=1S/C84H164N18O12S2/c1-3-5-7-9-11-13-15-17-19-21-23-25-27-29-31-39-55-93-74(104)61-75(105)102-84(114)73(101-82(112)70(98-79(109)68(92)46-34-38-52-86)50-36-42-58-95-77(107)66(90)48-44-54-88)64-116-60-59-115-63-72(83(113)99-71(62-103)80(110)96-56-40-32-30-28-26-24-22-20-18-16-14-12-10-8-6-4-2)100-81(111)69(97-78(108)67(91)45-33-37-51-85)49-35-41-57-94-76(106)65(89)47-43-53-87/h17-20,65-73,75,103,105H,3-16,21-64,85-92H2,1-2H3,(H,93,104)(H,94,106)(H,95,107)(H,96,110)(H,97,108)(H,98,109)(H,99,113)(H,100,111)(H,101,112)(H,102,114). The van der Waals surface area contributed by atoms with Gasteiger partial charge >= 0.3 is 0 Å². The largest absolute Gasteiger partial charge is 0.394 e. The monoisotopic (exact) mass is 1680 g/mol. The fraction of sp³-hybridized carbons (Fsp3) is 0.833. The van der Waals surface area contributed by atoms with Crippen LogP contribution >= 0.6 is 23.5 Å². The van der Waals surface area contributed by atoms with Crippen molar-refractivity contribution in [1.82, 2.24) is 53.2 Å². The Morgan fingerprint density at radius 3 is 0.957 bits per heavy atom. The lowest BCUT2D eigenvalue weighted by atomic mass is 10.1. The van der Waals surface area contributed by atoms with E-state index < -0.39 is 121 Å². The van der Waals surface area contributed by atoms with Crippen molar-refractivity contribution in [3.63, 3.8) is 0 Å². The lowest BCUT2D eigenvalue weighted by Crippen LogP contribution is -2.59. The summed E-state index contributed by atoms with van der Waals surface area (Å²) >= 11 is 2.43. The number of carbonyl (C=O) groups excluding carboxylic acids is 10. The van der Waals surface area contributed by atoms with Gasteiger partial charge in [-0.1, -0.05) is 167 Å². The Morgan fingerprint density at radius 2 is 0.586 bits per heavy atom. The quantitative estimate of drug-likeness (QED) is 0.0199. The number of aliphatic hydroxyl groups excluding tert-OH is 2. The molecule has 0 aromatic rings. The molecule has 30 nitrogen and oxygen atoms in total. The Morgan fingerprint density at radius 1 is 0.302 bits per heavy atom.